The highest BCUT2D eigenvalue weighted by Crippen LogP contribution is 1.88. The molecule has 46 valence electrons. The minimum atomic E-state index is 0.0179. The Balaban J connectivity index is 3.75. The summed E-state index contributed by atoms with van der Waals surface area (Å²) in [4.78, 5) is 10.3. The second-order valence-electron chi connectivity index (χ2n) is 1.68. The molecule has 0 aliphatic carbocycles. The van der Waals surface area contributed by atoms with E-state index < -0.39 is 0 Å². The summed E-state index contributed by atoms with van der Waals surface area (Å²) in [6, 6.07) is 0. The molecule has 0 heterocycles. The van der Waals surface area contributed by atoms with E-state index in [-0.39, 0.29) is 5.78 Å². The number of carbonyl (C=O) groups excluding carboxylic acids is 1. The van der Waals surface area contributed by atoms with E-state index in [1.54, 1.807) is 0 Å². The minimum absolute atomic E-state index is 0.0179. The molecule has 0 aromatic carbocycles. The summed E-state index contributed by atoms with van der Waals surface area (Å²) >= 11 is 0. The molecule has 2 N–H and O–H groups in total. The third kappa shape index (κ3) is 3.40. The standard InChI is InChI=1S/C6H11NO/c1-3-6(7)4-5(2)8/h4H,3,7H2,1-2H3. The van der Waals surface area contributed by atoms with E-state index in [1.807, 2.05) is 6.92 Å². The van der Waals surface area contributed by atoms with Crippen molar-refractivity contribution in [2.75, 3.05) is 0 Å². The third-order valence-corrected chi connectivity index (χ3v) is 0.797. The number of hydrogen-bond donors (Lipinski definition) is 1. The van der Waals surface area contributed by atoms with Crippen LogP contribution in [0.15, 0.2) is 11.8 Å². The normalized spacial score (nSPS) is 11.5. The first-order valence-electron chi connectivity index (χ1n) is 2.63. The van der Waals surface area contributed by atoms with Crippen LogP contribution >= 0.6 is 0 Å². The van der Waals surface area contributed by atoms with Crippen LogP contribution in [-0.2, 0) is 4.79 Å². The second kappa shape index (κ2) is 3.24. The van der Waals surface area contributed by atoms with Gasteiger partial charge in [-0.2, -0.15) is 0 Å². The molecule has 8 heavy (non-hydrogen) atoms. The lowest BCUT2D eigenvalue weighted by Gasteiger charge is -1.89. The van der Waals surface area contributed by atoms with E-state index in [0.717, 1.165) is 6.42 Å². The molecule has 0 amide bonds. The molecule has 0 aromatic rings. The van der Waals surface area contributed by atoms with Crippen molar-refractivity contribution < 1.29 is 4.79 Å². The molecule has 2 nitrogen and oxygen atoms in total. The van der Waals surface area contributed by atoms with Crippen LogP contribution in [0.25, 0.3) is 0 Å². The molecular weight excluding hydrogens is 102 g/mol. The highest BCUT2D eigenvalue weighted by atomic mass is 16.1. The van der Waals surface area contributed by atoms with Crippen LogP contribution in [0.4, 0.5) is 0 Å². The molecule has 0 aliphatic rings. The zero-order valence-electron chi connectivity index (χ0n) is 5.27. The van der Waals surface area contributed by atoms with Crippen LogP contribution in [0, 0.1) is 0 Å². The molecular formula is C6H11NO. The smallest absolute Gasteiger partial charge is 0.154 e. The zero-order chi connectivity index (χ0) is 6.57. The van der Waals surface area contributed by atoms with Crippen molar-refractivity contribution in [3.05, 3.63) is 11.8 Å². The fourth-order valence-electron chi connectivity index (χ4n) is 0.363. The van der Waals surface area contributed by atoms with Gasteiger partial charge in [0.15, 0.2) is 5.78 Å². The van der Waals surface area contributed by atoms with Crippen molar-refractivity contribution in [3.8, 4) is 0 Å². The maximum Gasteiger partial charge on any atom is 0.154 e. The lowest BCUT2D eigenvalue weighted by Crippen LogP contribution is -1.97. The highest BCUT2D eigenvalue weighted by molar-refractivity contribution is 5.87. The quantitative estimate of drug-likeness (QED) is 0.539. The summed E-state index contributed by atoms with van der Waals surface area (Å²) in [5, 5.41) is 0. The topological polar surface area (TPSA) is 43.1 Å². The third-order valence-electron chi connectivity index (χ3n) is 0.797. The molecule has 0 atom stereocenters. The number of hydrogen-bond acceptors (Lipinski definition) is 2. The lowest BCUT2D eigenvalue weighted by atomic mass is 10.3. The Morgan fingerprint density at radius 1 is 1.75 bits per heavy atom. The van der Waals surface area contributed by atoms with E-state index in [9.17, 15) is 4.79 Å². The van der Waals surface area contributed by atoms with Gasteiger partial charge in [-0.1, -0.05) is 6.92 Å². The predicted molar refractivity (Wildman–Crippen MR) is 33.2 cm³/mol. The number of carbonyl (C=O) groups is 1. The number of allylic oxidation sites excluding steroid dienone is 2. The van der Waals surface area contributed by atoms with Crippen molar-refractivity contribution in [2.45, 2.75) is 20.3 Å². The van der Waals surface area contributed by atoms with Gasteiger partial charge in [-0.25, -0.2) is 0 Å². The van der Waals surface area contributed by atoms with Crippen LogP contribution < -0.4 is 5.73 Å². The zero-order valence-corrected chi connectivity index (χ0v) is 5.27. The first-order chi connectivity index (χ1) is 3.66. The Bertz CT molecular complexity index is 116. The fraction of sp³-hybridized carbons (Fsp3) is 0.500. The Labute approximate surface area is 49.4 Å². The fourth-order valence-corrected chi connectivity index (χ4v) is 0.363. The second-order valence-corrected chi connectivity index (χ2v) is 1.68. The van der Waals surface area contributed by atoms with Gasteiger partial charge in [-0.15, -0.1) is 0 Å². The first-order valence-corrected chi connectivity index (χ1v) is 2.63. The average Bonchev–Trinajstić information content (AvgIpc) is 1.65. The summed E-state index contributed by atoms with van der Waals surface area (Å²) in [5.74, 6) is 0.0179. The van der Waals surface area contributed by atoms with Gasteiger partial charge in [0.25, 0.3) is 0 Å². The first kappa shape index (κ1) is 7.21. The van der Waals surface area contributed by atoms with Crippen LogP contribution in [0.1, 0.15) is 20.3 Å². The van der Waals surface area contributed by atoms with Gasteiger partial charge >= 0.3 is 0 Å². The highest BCUT2D eigenvalue weighted by Gasteiger charge is 1.85. The van der Waals surface area contributed by atoms with Crippen molar-refractivity contribution >= 4 is 5.78 Å². The number of nitrogens with two attached hydrogens (primary N) is 1. The van der Waals surface area contributed by atoms with E-state index in [0.29, 0.717) is 5.70 Å². The number of ketones is 1. The van der Waals surface area contributed by atoms with Crippen LogP contribution in [0.5, 0.6) is 0 Å². The Hall–Kier alpha value is -0.790. The largest absolute Gasteiger partial charge is 0.402 e. The SMILES string of the molecule is CCC(N)=CC(C)=O. The van der Waals surface area contributed by atoms with Gasteiger partial charge in [0.2, 0.25) is 0 Å². The monoisotopic (exact) mass is 113 g/mol. The summed E-state index contributed by atoms with van der Waals surface area (Å²) < 4.78 is 0. The predicted octanol–water partition coefficient (Wildman–Crippen LogP) is 0.828. The Kier molecular flexibility index (Phi) is 2.92. The molecule has 0 aliphatic heterocycles. The molecule has 0 saturated carbocycles. The van der Waals surface area contributed by atoms with E-state index in [1.165, 1.54) is 13.0 Å². The summed E-state index contributed by atoms with van der Waals surface area (Å²) in [6.45, 7) is 3.40. The summed E-state index contributed by atoms with van der Waals surface area (Å²) in [6.07, 6.45) is 2.19. The Morgan fingerprint density at radius 2 is 2.25 bits per heavy atom. The van der Waals surface area contributed by atoms with Gasteiger partial charge in [-0.3, -0.25) is 4.79 Å². The molecule has 0 saturated heterocycles. The average molecular weight is 113 g/mol. The molecule has 0 radical (unpaired) electrons. The molecule has 0 spiro atoms. The molecule has 0 aromatic heterocycles. The Morgan fingerprint density at radius 3 is 2.38 bits per heavy atom. The van der Waals surface area contributed by atoms with Gasteiger partial charge in [0, 0.05) is 5.70 Å². The van der Waals surface area contributed by atoms with Gasteiger partial charge in [0.05, 0.1) is 0 Å². The number of rotatable bonds is 2. The molecule has 0 unspecified atom stereocenters. The van der Waals surface area contributed by atoms with Gasteiger partial charge in [0.1, 0.15) is 0 Å². The van der Waals surface area contributed by atoms with Crippen molar-refractivity contribution in [2.24, 2.45) is 5.73 Å². The van der Waals surface area contributed by atoms with Gasteiger partial charge in [-0.05, 0) is 19.4 Å². The molecule has 0 fully saturated rings. The molecule has 0 bridgehead atoms. The van der Waals surface area contributed by atoms with Crippen LogP contribution in [0.3, 0.4) is 0 Å². The molecule has 2 heteroatoms. The minimum Gasteiger partial charge on any atom is -0.402 e. The van der Waals surface area contributed by atoms with Crippen molar-refractivity contribution in [1.82, 2.24) is 0 Å². The van der Waals surface area contributed by atoms with E-state index in [2.05, 4.69) is 0 Å². The maximum absolute atomic E-state index is 10.3. The van der Waals surface area contributed by atoms with Crippen LogP contribution in [0.2, 0.25) is 0 Å². The van der Waals surface area contributed by atoms with Crippen molar-refractivity contribution in [3.63, 3.8) is 0 Å². The summed E-state index contributed by atoms with van der Waals surface area (Å²) in [5.41, 5.74) is 5.96. The van der Waals surface area contributed by atoms with Crippen LogP contribution in [-0.4, -0.2) is 5.78 Å². The lowest BCUT2D eigenvalue weighted by molar-refractivity contribution is -0.112. The van der Waals surface area contributed by atoms with Gasteiger partial charge < -0.3 is 5.73 Å². The van der Waals surface area contributed by atoms with Crippen molar-refractivity contribution in [1.29, 1.82) is 0 Å². The van der Waals surface area contributed by atoms with E-state index in [4.69, 9.17) is 5.73 Å². The van der Waals surface area contributed by atoms with E-state index >= 15 is 0 Å². The maximum atomic E-state index is 10.3. The summed E-state index contributed by atoms with van der Waals surface area (Å²) in [7, 11) is 0. The molecule has 0 rings (SSSR count).